The van der Waals surface area contributed by atoms with Crippen LogP contribution in [0.5, 0.6) is 0 Å². The van der Waals surface area contributed by atoms with Gasteiger partial charge in [-0.05, 0) is 31.6 Å². The molecule has 0 aliphatic carbocycles. The molecule has 0 saturated heterocycles. The molecule has 2 radical (unpaired) electrons. The van der Waals surface area contributed by atoms with Crippen LogP contribution in [0.2, 0.25) is 0 Å². The van der Waals surface area contributed by atoms with Crippen LogP contribution in [0.3, 0.4) is 0 Å². The first kappa shape index (κ1) is 19.2. The first-order valence-corrected chi connectivity index (χ1v) is 9.13. The summed E-state index contributed by atoms with van der Waals surface area (Å²) in [6.07, 6.45) is 6.18. The third kappa shape index (κ3) is 6.36. The molecule has 0 heterocycles. The van der Waals surface area contributed by atoms with Gasteiger partial charge in [0.2, 0.25) is 0 Å². The van der Waals surface area contributed by atoms with Crippen molar-refractivity contribution in [3.05, 3.63) is 102 Å². The maximum atomic E-state index is 4.16. The summed E-state index contributed by atoms with van der Waals surface area (Å²) in [7, 11) is 4.21. The Labute approximate surface area is 157 Å². The number of thioether (sulfide) groups is 1. The highest BCUT2D eigenvalue weighted by Crippen LogP contribution is 2.23. The molecule has 0 aliphatic heterocycles. The molecule has 3 heteroatoms. The quantitative estimate of drug-likeness (QED) is 0.383. The molecule has 2 aromatic carbocycles. The fraction of sp³-hybridized carbons (Fsp3) is 0.0909. The van der Waals surface area contributed by atoms with Gasteiger partial charge in [-0.2, -0.15) is 0 Å². The van der Waals surface area contributed by atoms with E-state index in [4.69, 9.17) is 0 Å². The lowest BCUT2D eigenvalue weighted by Crippen LogP contribution is -2.16. The van der Waals surface area contributed by atoms with E-state index in [0.29, 0.717) is 0 Å². The summed E-state index contributed by atoms with van der Waals surface area (Å²) < 4.78 is 0. The highest BCUT2D eigenvalue weighted by Gasteiger charge is 2.05. The first-order valence-electron chi connectivity index (χ1n) is 8.32. The van der Waals surface area contributed by atoms with E-state index in [-0.39, 0.29) is 0 Å². The molecular weight excluding hydrogens is 318 g/mol. The number of benzene rings is 2. The van der Waals surface area contributed by atoms with Crippen LogP contribution >= 0.6 is 11.8 Å². The largest absolute Gasteiger partial charge is 0.199 e. The maximum absolute atomic E-state index is 4.16. The van der Waals surface area contributed by atoms with Crippen LogP contribution in [-0.2, 0) is 0 Å². The zero-order chi connectivity index (χ0) is 18.1. The van der Waals surface area contributed by atoms with Gasteiger partial charge >= 0.3 is 0 Å². The molecule has 25 heavy (non-hydrogen) atoms. The normalized spacial score (nSPS) is 11.4. The molecule has 2 aromatic rings. The van der Waals surface area contributed by atoms with Crippen molar-refractivity contribution >= 4 is 37.2 Å². The van der Waals surface area contributed by atoms with Crippen LogP contribution in [0.25, 0.3) is 0 Å². The second-order valence-corrected chi connectivity index (χ2v) is 6.81. The Bertz CT molecular complexity index is 771. The third-order valence-electron chi connectivity index (χ3n) is 3.63. The van der Waals surface area contributed by atoms with Crippen molar-refractivity contribution in [3.8, 4) is 0 Å². The van der Waals surface area contributed by atoms with Crippen LogP contribution < -0.4 is 10.9 Å². The Balaban J connectivity index is 1.93. The predicted octanol–water partition coefficient (Wildman–Crippen LogP) is 4.65. The number of hydrogen-bond donors (Lipinski definition) is 0. The Morgan fingerprint density at radius 2 is 1.52 bits per heavy atom. The van der Waals surface area contributed by atoms with E-state index >= 15 is 0 Å². The van der Waals surface area contributed by atoms with Gasteiger partial charge in [-0.1, -0.05) is 88.5 Å². The molecule has 0 aliphatic rings. The lowest BCUT2D eigenvalue weighted by atomic mass is 9.61. The Hall–Kier alpha value is -2.12. The van der Waals surface area contributed by atoms with E-state index in [1.54, 1.807) is 11.8 Å². The second-order valence-electron chi connectivity index (χ2n) is 5.61. The number of allylic oxidation sites excluding steroid dienone is 5. The number of rotatable bonds is 8. The van der Waals surface area contributed by atoms with Crippen LogP contribution in [0, 0.1) is 0 Å². The summed E-state index contributed by atoms with van der Waals surface area (Å²) in [5.74, 6) is 0. The summed E-state index contributed by atoms with van der Waals surface area (Å²) in [5, 5.41) is 0. The van der Waals surface area contributed by atoms with Crippen molar-refractivity contribution in [1.29, 1.82) is 0 Å². The maximum Gasteiger partial charge on any atom is 0.199 e. The van der Waals surface area contributed by atoms with Gasteiger partial charge in [0.25, 0.3) is 0 Å². The van der Waals surface area contributed by atoms with Gasteiger partial charge in [-0.25, -0.2) is 0 Å². The summed E-state index contributed by atoms with van der Waals surface area (Å²) in [5.41, 5.74) is 4.48. The van der Waals surface area contributed by atoms with Crippen molar-refractivity contribution < 1.29 is 0 Å². The summed E-state index contributed by atoms with van der Waals surface area (Å²) >= 11 is 1.68. The number of hydrogen-bond acceptors (Lipinski definition) is 1. The van der Waals surface area contributed by atoms with E-state index in [9.17, 15) is 0 Å². The SMILES string of the molecule is C=C([B]c1ccccc1)Sc1ccc([B]C(=C)C(/C=C\C)=C/C)cc1. The molecule has 122 valence electrons. The van der Waals surface area contributed by atoms with Gasteiger partial charge in [-0.3, -0.25) is 0 Å². The predicted molar refractivity (Wildman–Crippen MR) is 116 cm³/mol. The van der Waals surface area contributed by atoms with E-state index in [2.05, 4.69) is 76.3 Å². The monoisotopic (exact) mass is 340 g/mol. The van der Waals surface area contributed by atoms with Crippen LogP contribution in [0.15, 0.2) is 107 Å². The van der Waals surface area contributed by atoms with Crippen molar-refractivity contribution in [1.82, 2.24) is 0 Å². The van der Waals surface area contributed by atoms with Gasteiger partial charge in [-0.15, -0.1) is 18.3 Å². The third-order valence-corrected chi connectivity index (χ3v) is 4.51. The average Bonchev–Trinajstić information content (AvgIpc) is 2.62. The minimum atomic E-state index is 1.02. The van der Waals surface area contributed by atoms with Crippen molar-refractivity contribution in [2.75, 3.05) is 0 Å². The van der Waals surface area contributed by atoms with Gasteiger partial charge in [0.15, 0.2) is 14.6 Å². The lowest BCUT2D eigenvalue weighted by molar-refractivity contribution is 1.49. The van der Waals surface area contributed by atoms with Crippen molar-refractivity contribution in [2.45, 2.75) is 18.7 Å². The molecule has 0 unspecified atom stereocenters. The molecule has 0 amide bonds. The van der Waals surface area contributed by atoms with Crippen LogP contribution in [0.1, 0.15) is 13.8 Å². The smallest absolute Gasteiger partial charge is 0.105 e. The standard InChI is InChI=1S/C22H22B2S/c1-5-10-19(6-2)17(3)23-21-13-15-22(16-14-21)25-18(4)24-20-11-8-7-9-12-20/h5-16H,3-4H2,1-2H3/b10-5-,19-6+. The highest BCUT2D eigenvalue weighted by molar-refractivity contribution is 8.04. The molecule has 0 fully saturated rings. The molecule has 0 nitrogen and oxygen atoms in total. The van der Waals surface area contributed by atoms with Gasteiger partial charge < -0.3 is 0 Å². The van der Waals surface area contributed by atoms with Crippen molar-refractivity contribution in [3.63, 3.8) is 0 Å². The van der Waals surface area contributed by atoms with E-state index in [1.807, 2.05) is 38.1 Å². The molecule has 0 spiro atoms. The molecule has 0 bridgehead atoms. The summed E-state index contributed by atoms with van der Waals surface area (Å²) in [6.45, 7) is 12.3. The minimum Gasteiger partial charge on any atom is -0.105 e. The van der Waals surface area contributed by atoms with Crippen molar-refractivity contribution in [2.24, 2.45) is 0 Å². The average molecular weight is 340 g/mol. The summed E-state index contributed by atoms with van der Waals surface area (Å²) in [4.78, 5) is 2.20. The first-order chi connectivity index (χ1) is 12.1. The fourth-order valence-electron chi connectivity index (χ4n) is 2.40. The fourth-order valence-corrected chi connectivity index (χ4v) is 3.17. The van der Waals surface area contributed by atoms with E-state index < -0.39 is 0 Å². The molecule has 2 rings (SSSR count). The summed E-state index contributed by atoms with van der Waals surface area (Å²) in [6, 6.07) is 18.7. The molecule has 0 atom stereocenters. The van der Waals surface area contributed by atoms with E-state index in [1.165, 1.54) is 10.4 Å². The topological polar surface area (TPSA) is 0 Å². The van der Waals surface area contributed by atoms with E-state index in [0.717, 1.165) is 21.3 Å². The second kappa shape index (κ2) is 10.0. The van der Waals surface area contributed by atoms with Crippen LogP contribution in [0.4, 0.5) is 0 Å². The Morgan fingerprint density at radius 1 is 0.880 bits per heavy atom. The zero-order valence-electron chi connectivity index (χ0n) is 14.9. The van der Waals surface area contributed by atoms with Gasteiger partial charge in [0.05, 0.1) is 0 Å². The molecule has 0 saturated carbocycles. The van der Waals surface area contributed by atoms with Crippen LogP contribution in [-0.4, -0.2) is 14.6 Å². The zero-order valence-corrected chi connectivity index (χ0v) is 15.7. The molecule has 0 aromatic heterocycles. The van der Waals surface area contributed by atoms with Gasteiger partial charge in [0, 0.05) is 4.90 Å². The lowest BCUT2D eigenvalue weighted by Gasteiger charge is -2.08. The highest BCUT2D eigenvalue weighted by atomic mass is 32.2. The Kier molecular flexibility index (Phi) is 7.69. The van der Waals surface area contributed by atoms with Gasteiger partial charge in [0.1, 0.15) is 0 Å². The minimum absolute atomic E-state index is 1.02. The molecular formula is C22H22B2S. The Morgan fingerprint density at radius 3 is 2.12 bits per heavy atom. The molecule has 0 N–H and O–H groups in total.